The Morgan fingerprint density at radius 1 is 1.16 bits per heavy atom. The van der Waals surface area contributed by atoms with Crippen molar-refractivity contribution in [1.82, 2.24) is 4.72 Å². The summed E-state index contributed by atoms with van der Waals surface area (Å²) in [5.41, 5.74) is 1.20. The van der Waals surface area contributed by atoms with Crippen LogP contribution in [0.4, 0.5) is 5.69 Å². The van der Waals surface area contributed by atoms with Gasteiger partial charge in [-0.15, -0.1) is 0 Å². The summed E-state index contributed by atoms with van der Waals surface area (Å²) in [6.45, 7) is 3.37. The molecule has 0 saturated heterocycles. The van der Waals surface area contributed by atoms with Gasteiger partial charge in [-0.3, -0.25) is 10.1 Å². The molecule has 0 amide bonds. The number of aliphatic hydroxyl groups is 1. The SMILES string of the molecule is Cc1ccc([C@@H](NS(=O)(=O)c2ccccc2[N+](=O)[O-])[C@@H](C)CO)cc1. The van der Waals surface area contributed by atoms with E-state index in [1.807, 2.05) is 19.1 Å². The van der Waals surface area contributed by atoms with E-state index in [0.29, 0.717) is 5.56 Å². The zero-order valence-electron chi connectivity index (χ0n) is 13.9. The zero-order valence-corrected chi connectivity index (χ0v) is 14.7. The second-order valence-corrected chi connectivity index (χ2v) is 7.58. The highest BCUT2D eigenvalue weighted by Crippen LogP contribution is 2.28. The lowest BCUT2D eigenvalue weighted by molar-refractivity contribution is -0.387. The number of nitro groups is 1. The molecule has 2 rings (SSSR count). The Balaban J connectivity index is 2.44. The van der Waals surface area contributed by atoms with Gasteiger partial charge >= 0.3 is 0 Å². The van der Waals surface area contributed by atoms with Crippen LogP contribution in [-0.4, -0.2) is 25.1 Å². The van der Waals surface area contributed by atoms with Gasteiger partial charge in [0, 0.05) is 12.7 Å². The maximum atomic E-state index is 12.7. The van der Waals surface area contributed by atoms with Crippen molar-refractivity contribution in [3.8, 4) is 0 Å². The van der Waals surface area contributed by atoms with Crippen LogP contribution in [0.25, 0.3) is 0 Å². The third-order valence-electron chi connectivity index (χ3n) is 3.93. The van der Waals surface area contributed by atoms with Crippen LogP contribution in [0, 0.1) is 23.0 Å². The average Bonchev–Trinajstić information content (AvgIpc) is 2.60. The summed E-state index contributed by atoms with van der Waals surface area (Å²) in [4.78, 5) is 9.99. The lowest BCUT2D eigenvalue weighted by atomic mass is 9.95. The molecule has 2 aromatic carbocycles. The van der Waals surface area contributed by atoms with E-state index >= 15 is 0 Å². The van der Waals surface area contributed by atoms with Crippen molar-refractivity contribution < 1.29 is 18.4 Å². The predicted octanol–water partition coefficient (Wildman–Crippen LogP) is 2.55. The topological polar surface area (TPSA) is 110 Å². The molecule has 2 aromatic rings. The van der Waals surface area contributed by atoms with Crippen molar-refractivity contribution in [2.24, 2.45) is 5.92 Å². The first-order valence-corrected chi connectivity index (χ1v) is 9.17. The van der Waals surface area contributed by atoms with E-state index in [4.69, 9.17) is 0 Å². The number of rotatable bonds is 7. The largest absolute Gasteiger partial charge is 0.396 e. The van der Waals surface area contributed by atoms with E-state index in [1.165, 1.54) is 18.2 Å². The minimum Gasteiger partial charge on any atom is -0.396 e. The molecule has 0 fully saturated rings. The molecule has 0 spiro atoms. The zero-order chi connectivity index (χ0) is 18.6. The quantitative estimate of drug-likeness (QED) is 0.579. The fourth-order valence-electron chi connectivity index (χ4n) is 2.46. The van der Waals surface area contributed by atoms with E-state index in [2.05, 4.69) is 4.72 Å². The van der Waals surface area contributed by atoms with Gasteiger partial charge in [-0.25, -0.2) is 13.1 Å². The van der Waals surface area contributed by atoms with Crippen molar-refractivity contribution in [2.45, 2.75) is 24.8 Å². The number of hydrogen-bond donors (Lipinski definition) is 2. The summed E-state index contributed by atoms with van der Waals surface area (Å²) in [6.07, 6.45) is 0. The van der Waals surface area contributed by atoms with Gasteiger partial charge in [0.2, 0.25) is 10.0 Å². The molecule has 8 heteroatoms. The molecule has 2 atom stereocenters. The Morgan fingerprint density at radius 3 is 2.32 bits per heavy atom. The van der Waals surface area contributed by atoms with Crippen LogP contribution in [-0.2, 0) is 10.0 Å². The Kier molecular flexibility index (Phi) is 5.89. The summed E-state index contributed by atoms with van der Waals surface area (Å²) in [5, 5.41) is 20.6. The molecule has 0 bridgehead atoms. The van der Waals surface area contributed by atoms with Gasteiger partial charge in [-0.05, 0) is 24.5 Å². The summed E-state index contributed by atoms with van der Waals surface area (Å²) < 4.78 is 28.0. The van der Waals surface area contributed by atoms with Crippen molar-refractivity contribution in [3.63, 3.8) is 0 Å². The van der Waals surface area contributed by atoms with Gasteiger partial charge in [-0.2, -0.15) is 0 Å². The molecule has 0 unspecified atom stereocenters. The number of benzene rings is 2. The van der Waals surface area contributed by atoms with E-state index in [9.17, 15) is 23.6 Å². The molecule has 0 aliphatic carbocycles. The lowest BCUT2D eigenvalue weighted by Gasteiger charge is -2.24. The molecule has 25 heavy (non-hydrogen) atoms. The Labute approximate surface area is 146 Å². The maximum Gasteiger partial charge on any atom is 0.289 e. The molecule has 0 aliphatic heterocycles. The molecule has 0 aromatic heterocycles. The van der Waals surface area contributed by atoms with Crippen molar-refractivity contribution in [2.75, 3.05) is 6.61 Å². The van der Waals surface area contributed by atoms with E-state index < -0.39 is 37.5 Å². The number of sulfonamides is 1. The summed E-state index contributed by atoms with van der Waals surface area (Å²) in [5.74, 6) is -0.416. The van der Waals surface area contributed by atoms with Crippen LogP contribution in [0.2, 0.25) is 0 Å². The molecule has 7 nitrogen and oxygen atoms in total. The molecule has 134 valence electrons. The normalized spacial score (nSPS) is 14.0. The Bertz CT molecular complexity index is 850. The highest BCUT2D eigenvalue weighted by atomic mass is 32.2. The maximum absolute atomic E-state index is 12.7. The number of nitro benzene ring substituents is 1. The van der Waals surface area contributed by atoms with Gasteiger partial charge in [0.05, 0.1) is 11.0 Å². The van der Waals surface area contributed by atoms with E-state index in [1.54, 1.807) is 19.1 Å². The first kappa shape index (κ1) is 19.0. The van der Waals surface area contributed by atoms with Crippen LogP contribution in [0.5, 0.6) is 0 Å². The first-order chi connectivity index (χ1) is 11.8. The smallest absolute Gasteiger partial charge is 0.289 e. The molecule has 2 N–H and O–H groups in total. The molecule has 0 radical (unpaired) electrons. The van der Waals surface area contributed by atoms with Gasteiger partial charge in [-0.1, -0.05) is 48.9 Å². The van der Waals surface area contributed by atoms with Crippen LogP contribution in [0.1, 0.15) is 24.1 Å². The number of hydrogen-bond acceptors (Lipinski definition) is 5. The third-order valence-corrected chi connectivity index (χ3v) is 5.42. The molecule has 0 aliphatic rings. The summed E-state index contributed by atoms with van der Waals surface area (Å²) in [7, 11) is -4.15. The van der Waals surface area contributed by atoms with Crippen LogP contribution in [0.15, 0.2) is 53.4 Å². The number of nitrogens with zero attached hydrogens (tertiary/aromatic N) is 1. The van der Waals surface area contributed by atoms with Gasteiger partial charge in [0.25, 0.3) is 5.69 Å². The van der Waals surface area contributed by atoms with Crippen molar-refractivity contribution >= 4 is 15.7 Å². The first-order valence-electron chi connectivity index (χ1n) is 7.69. The predicted molar refractivity (Wildman–Crippen MR) is 93.6 cm³/mol. The molecular formula is C17H20N2O5S. The minimum atomic E-state index is -4.15. The van der Waals surface area contributed by atoms with Gasteiger partial charge < -0.3 is 5.11 Å². The fraction of sp³-hybridized carbons (Fsp3) is 0.294. The van der Waals surface area contributed by atoms with Crippen LogP contribution >= 0.6 is 0 Å². The van der Waals surface area contributed by atoms with E-state index in [0.717, 1.165) is 11.6 Å². The highest BCUT2D eigenvalue weighted by molar-refractivity contribution is 7.89. The Morgan fingerprint density at radius 2 is 1.76 bits per heavy atom. The molecular weight excluding hydrogens is 344 g/mol. The molecule has 0 saturated carbocycles. The molecule has 0 heterocycles. The van der Waals surface area contributed by atoms with Gasteiger partial charge in [0.1, 0.15) is 0 Å². The summed E-state index contributed by atoms with van der Waals surface area (Å²) in [6, 6.07) is 11.7. The second kappa shape index (κ2) is 7.73. The average molecular weight is 364 g/mol. The Hall–Kier alpha value is -2.29. The fourth-order valence-corrected chi connectivity index (χ4v) is 3.96. The van der Waals surface area contributed by atoms with Crippen molar-refractivity contribution in [1.29, 1.82) is 0 Å². The highest BCUT2D eigenvalue weighted by Gasteiger charge is 2.30. The second-order valence-electron chi connectivity index (χ2n) is 5.89. The van der Waals surface area contributed by atoms with Crippen molar-refractivity contribution in [3.05, 3.63) is 69.8 Å². The van der Waals surface area contributed by atoms with E-state index in [-0.39, 0.29) is 6.61 Å². The number of aliphatic hydroxyl groups excluding tert-OH is 1. The third kappa shape index (κ3) is 4.41. The minimum absolute atomic E-state index is 0.238. The van der Waals surface area contributed by atoms with Gasteiger partial charge in [0.15, 0.2) is 4.90 Å². The number of aryl methyl sites for hydroxylation is 1. The lowest BCUT2D eigenvalue weighted by Crippen LogP contribution is -2.34. The van der Waals surface area contributed by atoms with Crippen LogP contribution < -0.4 is 4.72 Å². The monoisotopic (exact) mass is 364 g/mol. The van der Waals surface area contributed by atoms with Crippen LogP contribution in [0.3, 0.4) is 0 Å². The standard InChI is InChI=1S/C17H20N2O5S/c1-12-7-9-14(10-8-12)17(13(2)11-20)18-25(23,24)16-6-4-3-5-15(16)19(21)22/h3-10,13,17-18,20H,11H2,1-2H3/t13-,17-/m0/s1. The number of para-hydroxylation sites is 1. The number of nitrogens with one attached hydrogen (secondary N) is 1. The summed E-state index contributed by atoms with van der Waals surface area (Å²) >= 11 is 0.